The summed E-state index contributed by atoms with van der Waals surface area (Å²) in [7, 11) is 1.59. The number of carbonyl (C=O) groups is 2. The van der Waals surface area contributed by atoms with Gasteiger partial charge in [-0.25, -0.2) is 0 Å². The van der Waals surface area contributed by atoms with Crippen LogP contribution in [0.1, 0.15) is 11.1 Å². The van der Waals surface area contributed by atoms with Gasteiger partial charge in [-0.15, -0.1) is 0 Å². The lowest BCUT2D eigenvalue weighted by atomic mass is 10.0. The summed E-state index contributed by atoms with van der Waals surface area (Å²) >= 11 is 0. The standard InChI is InChI=1S/C19H14N2O3/c1-24-13-9-7-12(8-10-13)17-15-14(18(22)21-17)16(20-19(15)23)11-5-3-2-4-6-11/h2-10H,1H3,(H,20,23)(H,21,22). The second-order valence-electron chi connectivity index (χ2n) is 5.50. The number of amides is 2. The Labute approximate surface area is 138 Å². The molecule has 0 saturated carbocycles. The summed E-state index contributed by atoms with van der Waals surface area (Å²) in [4.78, 5) is 24.9. The number of methoxy groups -OCH3 is 1. The molecule has 0 radical (unpaired) electrons. The van der Waals surface area contributed by atoms with E-state index in [4.69, 9.17) is 4.74 Å². The number of ether oxygens (including phenoxy) is 1. The molecule has 5 nitrogen and oxygen atoms in total. The SMILES string of the molecule is COc1ccc(C2=C3C(=O)NC(c4ccccc4)=C3C(=O)N2)cc1. The van der Waals surface area contributed by atoms with Gasteiger partial charge in [0.15, 0.2) is 0 Å². The van der Waals surface area contributed by atoms with Crippen LogP contribution in [0, 0.1) is 0 Å². The zero-order valence-corrected chi connectivity index (χ0v) is 12.9. The normalized spacial score (nSPS) is 16.2. The molecule has 2 aromatic carbocycles. The fourth-order valence-electron chi connectivity index (χ4n) is 2.98. The van der Waals surface area contributed by atoms with Crippen molar-refractivity contribution >= 4 is 23.2 Å². The molecule has 2 heterocycles. The van der Waals surface area contributed by atoms with Crippen molar-refractivity contribution in [1.29, 1.82) is 0 Å². The summed E-state index contributed by atoms with van der Waals surface area (Å²) in [5.74, 6) is 0.173. The van der Waals surface area contributed by atoms with E-state index >= 15 is 0 Å². The highest BCUT2D eigenvalue weighted by Crippen LogP contribution is 2.37. The minimum atomic E-state index is -0.270. The second kappa shape index (κ2) is 5.38. The van der Waals surface area contributed by atoms with Crippen LogP contribution in [0.15, 0.2) is 65.7 Å². The third-order valence-corrected chi connectivity index (χ3v) is 4.12. The van der Waals surface area contributed by atoms with E-state index < -0.39 is 0 Å². The lowest BCUT2D eigenvalue weighted by molar-refractivity contribution is -0.117. The van der Waals surface area contributed by atoms with Crippen molar-refractivity contribution < 1.29 is 14.3 Å². The molecule has 24 heavy (non-hydrogen) atoms. The predicted molar refractivity (Wildman–Crippen MR) is 89.6 cm³/mol. The molecule has 0 aromatic heterocycles. The molecule has 4 rings (SSSR count). The zero-order chi connectivity index (χ0) is 16.7. The van der Waals surface area contributed by atoms with E-state index in [9.17, 15) is 9.59 Å². The van der Waals surface area contributed by atoms with Crippen LogP contribution in [-0.4, -0.2) is 18.9 Å². The van der Waals surface area contributed by atoms with Gasteiger partial charge in [0.05, 0.1) is 29.7 Å². The highest BCUT2D eigenvalue weighted by molar-refractivity contribution is 6.30. The largest absolute Gasteiger partial charge is 0.497 e. The van der Waals surface area contributed by atoms with Gasteiger partial charge in [0.2, 0.25) is 0 Å². The maximum atomic E-state index is 12.5. The topological polar surface area (TPSA) is 67.4 Å². The van der Waals surface area contributed by atoms with Crippen LogP contribution in [0.2, 0.25) is 0 Å². The minimum absolute atomic E-state index is 0.270. The highest BCUT2D eigenvalue weighted by Gasteiger charge is 2.40. The van der Waals surface area contributed by atoms with Gasteiger partial charge in [-0.1, -0.05) is 30.3 Å². The van der Waals surface area contributed by atoms with Gasteiger partial charge in [-0.3, -0.25) is 9.59 Å². The number of hydrogen-bond acceptors (Lipinski definition) is 3. The van der Waals surface area contributed by atoms with E-state index in [0.717, 1.165) is 11.1 Å². The maximum absolute atomic E-state index is 12.5. The Hall–Kier alpha value is -3.34. The molecule has 0 aliphatic carbocycles. The summed E-state index contributed by atoms with van der Waals surface area (Å²) in [6.45, 7) is 0. The van der Waals surface area contributed by atoms with Crippen LogP contribution in [0.25, 0.3) is 11.4 Å². The molecule has 5 heteroatoms. The highest BCUT2D eigenvalue weighted by atomic mass is 16.5. The quantitative estimate of drug-likeness (QED) is 0.910. The zero-order valence-electron chi connectivity index (χ0n) is 12.9. The Morgan fingerprint density at radius 3 is 1.71 bits per heavy atom. The Morgan fingerprint density at radius 1 is 0.708 bits per heavy atom. The van der Waals surface area contributed by atoms with Crippen molar-refractivity contribution in [3.63, 3.8) is 0 Å². The lowest BCUT2D eigenvalue weighted by Crippen LogP contribution is -2.21. The van der Waals surface area contributed by atoms with Gasteiger partial charge in [-0.2, -0.15) is 0 Å². The molecule has 2 aliphatic heterocycles. The average Bonchev–Trinajstić information content (AvgIpc) is 3.15. The van der Waals surface area contributed by atoms with Gasteiger partial charge >= 0.3 is 0 Å². The van der Waals surface area contributed by atoms with Crippen LogP contribution < -0.4 is 15.4 Å². The summed E-state index contributed by atoms with van der Waals surface area (Å²) in [6.07, 6.45) is 0. The van der Waals surface area contributed by atoms with Crippen molar-refractivity contribution in [2.75, 3.05) is 7.11 Å². The molecule has 0 atom stereocenters. The molecule has 2 N–H and O–H groups in total. The van der Waals surface area contributed by atoms with Crippen molar-refractivity contribution in [2.24, 2.45) is 0 Å². The third kappa shape index (κ3) is 2.10. The molecule has 0 saturated heterocycles. The van der Waals surface area contributed by atoms with Crippen molar-refractivity contribution in [3.05, 3.63) is 76.9 Å². The van der Waals surface area contributed by atoms with Crippen molar-refractivity contribution in [3.8, 4) is 5.75 Å². The molecule has 118 valence electrons. The van der Waals surface area contributed by atoms with E-state index in [-0.39, 0.29) is 11.8 Å². The monoisotopic (exact) mass is 318 g/mol. The first-order valence-electron chi connectivity index (χ1n) is 7.50. The number of rotatable bonds is 3. The molecule has 2 aromatic rings. The summed E-state index contributed by atoms with van der Waals surface area (Å²) in [5.41, 5.74) is 3.44. The van der Waals surface area contributed by atoms with Gasteiger partial charge in [0.1, 0.15) is 5.75 Å². The first-order chi connectivity index (χ1) is 11.7. The molecular formula is C19H14N2O3. The molecule has 2 aliphatic rings. The van der Waals surface area contributed by atoms with Crippen molar-refractivity contribution in [1.82, 2.24) is 10.6 Å². The Kier molecular flexibility index (Phi) is 3.20. The summed E-state index contributed by atoms with van der Waals surface area (Å²) in [6, 6.07) is 16.6. The summed E-state index contributed by atoms with van der Waals surface area (Å²) < 4.78 is 5.14. The van der Waals surface area contributed by atoms with Crippen molar-refractivity contribution in [2.45, 2.75) is 0 Å². The van der Waals surface area contributed by atoms with Gasteiger partial charge in [-0.05, 0) is 35.4 Å². The fourth-order valence-corrected chi connectivity index (χ4v) is 2.98. The van der Waals surface area contributed by atoms with E-state index in [1.54, 1.807) is 19.2 Å². The van der Waals surface area contributed by atoms with Gasteiger partial charge in [0, 0.05) is 0 Å². The Morgan fingerprint density at radius 2 is 1.21 bits per heavy atom. The van der Waals surface area contributed by atoms with Crippen LogP contribution in [0.3, 0.4) is 0 Å². The number of hydrogen-bond donors (Lipinski definition) is 2. The molecular weight excluding hydrogens is 304 g/mol. The number of fused-ring (bicyclic) bond motifs is 1. The van der Waals surface area contributed by atoms with E-state index in [1.165, 1.54) is 0 Å². The second-order valence-corrected chi connectivity index (χ2v) is 5.50. The van der Waals surface area contributed by atoms with Crippen LogP contribution >= 0.6 is 0 Å². The molecule has 0 fully saturated rings. The molecule has 2 amide bonds. The van der Waals surface area contributed by atoms with Gasteiger partial charge in [0.25, 0.3) is 11.8 Å². The van der Waals surface area contributed by atoms with Crippen LogP contribution in [0.5, 0.6) is 5.75 Å². The predicted octanol–water partition coefficient (Wildman–Crippen LogP) is 2.08. The number of benzene rings is 2. The Bertz CT molecular complexity index is 909. The van der Waals surface area contributed by atoms with E-state index in [2.05, 4.69) is 10.6 Å². The minimum Gasteiger partial charge on any atom is -0.497 e. The van der Waals surface area contributed by atoms with Crippen LogP contribution in [0.4, 0.5) is 0 Å². The third-order valence-electron chi connectivity index (χ3n) is 4.12. The molecule has 0 unspecified atom stereocenters. The molecule has 0 spiro atoms. The first-order valence-corrected chi connectivity index (χ1v) is 7.50. The maximum Gasteiger partial charge on any atom is 0.258 e. The Balaban J connectivity index is 1.86. The smallest absolute Gasteiger partial charge is 0.258 e. The summed E-state index contributed by atoms with van der Waals surface area (Å²) in [5, 5.41) is 5.64. The average molecular weight is 318 g/mol. The first kappa shape index (κ1) is 14.3. The van der Waals surface area contributed by atoms with E-state index in [0.29, 0.717) is 28.3 Å². The van der Waals surface area contributed by atoms with E-state index in [1.807, 2.05) is 42.5 Å². The van der Waals surface area contributed by atoms with Crippen LogP contribution in [-0.2, 0) is 9.59 Å². The number of nitrogens with one attached hydrogen (secondary N) is 2. The number of carbonyl (C=O) groups excluding carboxylic acids is 2. The fraction of sp³-hybridized carbons (Fsp3) is 0.0526. The van der Waals surface area contributed by atoms with Gasteiger partial charge < -0.3 is 15.4 Å². The molecule has 0 bridgehead atoms. The lowest BCUT2D eigenvalue weighted by Gasteiger charge is -2.07.